The fraction of sp³-hybridized carbons (Fsp3) is 0.0667. The fourth-order valence-corrected chi connectivity index (χ4v) is 1.51. The highest BCUT2D eigenvalue weighted by atomic mass is 16.5. The Morgan fingerprint density at radius 3 is 2.79 bits per heavy atom. The SMILES string of the molecule is O=C(O)/C=C/c1ccnc(OCc2ccccc2)c1. The van der Waals surface area contributed by atoms with Crippen LogP contribution in [0.1, 0.15) is 11.1 Å². The summed E-state index contributed by atoms with van der Waals surface area (Å²) in [6.45, 7) is 0.430. The lowest BCUT2D eigenvalue weighted by Gasteiger charge is -2.05. The number of aliphatic carboxylic acids is 1. The van der Waals surface area contributed by atoms with E-state index in [4.69, 9.17) is 9.84 Å². The normalized spacial score (nSPS) is 10.5. The number of benzene rings is 1. The Bertz CT molecular complexity index is 579. The van der Waals surface area contributed by atoms with Crippen LogP contribution >= 0.6 is 0 Å². The van der Waals surface area contributed by atoms with Gasteiger partial charge in [0.15, 0.2) is 0 Å². The smallest absolute Gasteiger partial charge is 0.328 e. The number of hydrogen-bond donors (Lipinski definition) is 1. The fourth-order valence-electron chi connectivity index (χ4n) is 1.51. The van der Waals surface area contributed by atoms with Crippen molar-refractivity contribution in [1.29, 1.82) is 0 Å². The van der Waals surface area contributed by atoms with Crippen LogP contribution in [-0.2, 0) is 11.4 Å². The maximum absolute atomic E-state index is 10.4. The minimum absolute atomic E-state index is 0.430. The van der Waals surface area contributed by atoms with Crippen LogP contribution < -0.4 is 4.74 Å². The monoisotopic (exact) mass is 255 g/mol. The zero-order valence-corrected chi connectivity index (χ0v) is 10.2. The maximum atomic E-state index is 10.4. The zero-order valence-electron chi connectivity index (χ0n) is 10.2. The Morgan fingerprint density at radius 2 is 2.05 bits per heavy atom. The van der Waals surface area contributed by atoms with E-state index in [-0.39, 0.29) is 0 Å². The van der Waals surface area contributed by atoms with Crippen molar-refractivity contribution in [3.63, 3.8) is 0 Å². The lowest BCUT2D eigenvalue weighted by atomic mass is 10.2. The van der Waals surface area contributed by atoms with Gasteiger partial charge in [0.05, 0.1) is 0 Å². The second kappa shape index (κ2) is 6.35. The molecule has 19 heavy (non-hydrogen) atoms. The molecule has 0 fully saturated rings. The van der Waals surface area contributed by atoms with Gasteiger partial charge in [0.25, 0.3) is 0 Å². The van der Waals surface area contributed by atoms with E-state index >= 15 is 0 Å². The van der Waals surface area contributed by atoms with Gasteiger partial charge in [-0.3, -0.25) is 0 Å². The number of hydrogen-bond acceptors (Lipinski definition) is 3. The molecule has 4 nitrogen and oxygen atoms in total. The summed E-state index contributed by atoms with van der Waals surface area (Å²) in [5.41, 5.74) is 1.79. The van der Waals surface area contributed by atoms with Crippen LogP contribution in [0.5, 0.6) is 5.88 Å². The first-order valence-corrected chi connectivity index (χ1v) is 5.78. The highest BCUT2D eigenvalue weighted by Gasteiger charge is 1.98. The predicted molar refractivity (Wildman–Crippen MR) is 71.7 cm³/mol. The second-order valence-electron chi connectivity index (χ2n) is 3.87. The number of aromatic nitrogens is 1. The van der Waals surface area contributed by atoms with E-state index in [0.717, 1.165) is 17.2 Å². The minimum atomic E-state index is -0.983. The van der Waals surface area contributed by atoms with Gasteiger partial charge in [-0.15, -0.1) is 0 Å². The van der Waals surface area contributed by atoms with Crippen molar-refractivity contribution in [2.24, 2.45) is 0 Å². The van der Waals surface area contributed by atoms with Crippen LogP contribution in [0.25, 0.3) is 6.08 Å². The summed E-state index contributed by atoms with van der Waals surface area (Å²) < 4.78 is 5.55. The number of pyridine rings is 1. The number of carboxylic acids is 1. The summed E-state index contributed by atoms with van der Waals surface area (Å²) in [6.07, 6.45) is 4.16. The van der Waals surface area contributed by atoms with Crippen molar-refractivity contribution in [2.75, 3.05) is 0 Å². The van der Waals surface area contributed by atoms with Gasteiger partial charge in [-0.1, -0.05) is 30.3 Å². The largest absolute Gasteiger partial charge is 0.478 e. The van der Waals surface area contributed by atoms with Crippen LogP contribution in [0.2, 0.25) is 0 Å². The van der Waals surface area contributed by atoms with E-state index in [1.807, 2.05) is 30.3 Å². The van der Waals surface area contributed by atoms with Crippen LogP contribution in [0.15, 0.2) is 54.7 Å². The van der Waals surface area contributed by atoms with Crippen LogP contribution in [0.4, 0.5) is 0 Å². The van der Waals surface area contributed by atoms with Crippen molar-refractivity contribution < 1.29 is 14.6 Å². The van der Waals surface area contributed by atoms with Crippen LogP contribution in [-0.4, -0.2) is 16.1 Å². The zero-order chi connectivity index (χ0) is 13.5. The third kappa shape index (κ3) is 4.27. The van der Waals surface area contributed by atoms with Crippen molar-refractivity contribution in [1.82, 2.24) is 4.98 Å². The molecule has 2 aromatic rings. The van der Waals surface area contributed by atoms with Gasteiger partial charge >= 0.3 is 5.97 Å². The highest BCUT2D eigenvalue weighted by molar-refractivity contribution is 5.85. The first-order valence-electron chi connectivity index (χ1n) is 5.78. The molecule has 0 unspecified atom stereocenters. The molecule has 0 aliphatic rings. The van der Waals surface area contributed by atoms with E-state index in [1.165, 1.54) is 6.08 Å². The average Bonchev–Trinajstić information content (AvgIpc) is 2.44. The van der Waals surface area contributed by atoms with Gasteiger partial charge in [-0.05, 0) is 23.3 Å². The molecule has 0 saturated carbocycles. The summed E-state index contributed by atoms with van der Waals surface area (Å²) >= 11 is 0. The average molecular weight is 255 g/mol. The van der Waals surface area contributed by atoms with Crippen molar-refractivity contribution in [3.05, 3.63) is 65.9 Å². The van der Waals surface area contributed by atoms with Gasteiger partial charge < -0.3 is 9.84 Å². The summed E-state index contributed by atoms with van der Waals surface area (Å²) in [4.78, 5) is 14.5. The standard InChI is InChI=1S/C15H13NO3/c17-15(18)7-6-12-8-9-16-14(10-12)19-11-13-4-2-1-3-5-13/h1-10H,11H2,(H,17,18)/b7-6+. The maximum Gasteiger partial charge on any atom is 0.328 e. The second-order valence-corrected chi connectivity index (χ2v) is 3.87. The van der Waals surface area contributed by atoms with Gasteiger partial charge in [-0.25, -0.2) is 9.78 Å². The topological polar surface area (TPSA) is 59.4 Å². The van der Waals surface area contributed by atoms with E-state index in [1.54, 1.807) is 18.3 Å². The lowest BCUT2D eigenvalue weighted by Crippen LogP contribution is -1.97. The van der Waals surface area contributed by atoms with E-state index in [2.05, 4.69) is 4.98 Å². The Morgan fingerprint density at radius 1 is 1.26 bits per heavy atom. The third-order valence-electron chi connectivity index (χ3n) is 2.41. The van der Waals surface area contributed by atoms with E-state index in [9.17, 15) is 4.79 Å². The summed E-state index contributed by atoms with van der Waals surface area (Å²) in [5, 5.41) is 8.56. The molecule has 4 heteroatoms. The van der Waals surface area contributed by atoms with Gasteiger partial charge in [0.2, 0.25) is 5.88 Å². The first-order chi connectivity index (χ1) is 9.24. The molecule has 0 amide bonds. The Kier molecular flexibility index (Phi) is 4.29. The molecule has 0 aliphatic heterocycles. The van der Waals surface area contributed by atoms with Crippen molar-refractivity contribution >= 4 is 12.0 Å². The van der Waals surface area contributed by atoms with E-state index in [0.29, 0.717) is 12.5 Å². The molecule has 1 N–H and O–H groups in total. The number of ether oxygens (including phenoxy) is 1. The molecule has 0 atom stereocenters. The number of carbonyl (C=O) groups is 1. The molecule has 96 valence electrons. The number of rotatable bonds is 5. The molecule has 1 heterocycles. The molecule has 2 rings (SSSR count). The van der Waals surface area contributed by atoms with Gasteiger partial charge in [-0.2, -0.15) is 0 Å². The van der Waals surface area contributed by atoms with Crippen molar-refractivity contribution in [2.45, 2.75) is 6.61 Å². The first kappa shape index (κ1) is 12.8. The third-order valence-corrected chi connectivity index (χ3v) is 2.41. The summed E-state index contributed by atoms with van der Waals surface area (Å²) in [5.74, 6) is -0.514. The Hall–Kier alpha value is -2.62. The molecule has 1 aromatic heterocycles. The lowest BCUT2D eigenvalue weighted by molar-refractivity contribution is -0.131. The number of nitrogens with zero attached hydrogens (tertiary/aromatic N) is 1. The Labute approximate surface area is 111 Å². The minimum Gasteiger partial charge on any atom is -0.478 e. The van der Waals surface area contributed by atoms with E-state index < -0.39 is 5.97 Å². The molecule has 0 radical (unpaired) electrons. The molecule has 0 aliphatic carbocycles. The van der Waals surface area contributed by atoms with Gasteiger partial charge in [0.1, 0.15) is 6.61 Å². The molecule has 0 bridgehead atoms. The van der Waals surface area contributed by atoms with Crippen LogP contribution in [0, 0.1) is 0 Å². The molecular formula is C15H13NO3. The Balaban J connectivity index is 2.01. The summed E-state index contributed by atoms with van der Waals surface area (Å²) in [6, 6.07) is 13.2. The quantitative estimate of drug-likeness (QED) is 0.834. The molecule has 0 saturated heterocycles. The number of carboxylic acid groups (broad SMARTS) is 1. The summed E-state index contributed by atoms with van der Waals surface area (Å²) in [7, 11) is 0. The molecule has 0 spiro atoms. The molecular weight excluding hydrogens is 242 g/mol. The highest BCUT2D eigenvalue weighted by Crippen LogP contribution is 2.12. The predicted octanol–water partition coefficient (Wildman–Crippen LogP) is 2.76. The van der Waals surface area contributed by atoms with Crippen LogP contribution in [0.3, 0.4) is 0 Å². The van der Waals surface area contributed by atoms with Crippen molar-refractivity contribution in [3.8, 4) is 5.88 Å². The molecule has 1 aromatic carbocycles. The van der Waals surface area contributed by atoms with Gasteiger partial charge in [0, 0.05) is 18.3 Å².